The van der Waals surface area contributed by atoms with E-state index in [0.717, 1.165) is 38.3 Å². The van der Waals surface area contributed by atoms with E-state index in [1.165, 1.54) is 32.1 Å². The lowest BCUT2D eigenvalue weighted by atomic mass is 9.84. The smallest absolute Gasteiger partial charge is 0.0613 e. The fourth-order valence-corrected chi connectivity index (χ4v) is 3.52. The number of aliphatic hydroxyl groups excluding tert-OH is 1. The van der Waals surface area contributed by atoms with E-state index >= 15 is 0 Å². The molecule has 1 fully saturated rings. The van der Waals surface area contributed by atoms with Gasteiger partial charge in [-0.1, -0.05) is 40.0 Å². The molecule has 3 heteroatoms. The molecule has 2 N–H and O–H groups in total. The molecule has 0 saturated heterocycles. The first kappa shape index (κ1) is 17.9. The van der Waals surface area contributed by atoms with Crippen LogP contribution in [0.15, 0.2) is 0 Å². The Bertz CT molecular complexity index is 241. The third-order valence-electron chi connectivity index (χ3n) is 5.03. The van der Waals surface area contributed by atoms with Crippen molar-refractivity contribution in [1.29, 1.82) is 0 Å². The van der Waals surface area contributed by atoms with Gasteiger partial charge in [-0.05, 0) is 44.6 Å². The summed E-state index contributed by atoms with van der Waals surface area (Å²) in [5, 5.41) is 13.1. The van der Waals surface area contributed by atoms with Gasteiger partial charge in [-0.3, -0.25) is 0 Å². The molecule has 1 rings (SSSR count). The van der Waals surface area contributed by atoms with Crippen LogP contribution in [0.3, 0.4) is 0 Å². The zero-order valence-electron chi connectivity index (χ0n) is 13.8. The van der Waals surface area contributed by atoms with Crippen LogP contribution in [0.4, 0.5) is 0 Å². The molecule has 0 spiro atoms. The second-order valence-electron chi connectivity index (χ2n) is 6.29. The number of ether oxygens (including phenoxy) is 1. The molecule has 3 atom stereocenters. The lowest BCUT2D eigenvalue weighted by Gasteiger charge is -2.33. The van der Waals surface area contributed by atoms with E-state index in [-0.39, 0.29) is 12.1 Å². The maximum atomic E-state index is 9.63. The van der Waals surface area contributed by atoms with Gasteiger partial charge in [0.25, 0.3) is 0 Å². The molecule has 0 aromatic heterocycles. The van der Waals surface area contributed by atoms with Gasteiger partial charge >= 0.3 is 0 Å². The van der Waals surface area contributed by atoms with Crippen LogP contribution in [-0.2, 0) is 4.74 Å². The lowest BCUT2D eigenvalue weighted by Crippen LogP contribution is -2.48. The van der Waals surface area contributed by atoms with Crippen LogP contribution in [0.5, 0.6) is 0 Å². The molecule has 0 bridgehead atoms. The fourth-order valence-electron chi connectivity index (χ4n) is 3.52. The number of nitrogens with one attached hydrogen (secondary N) is 1. The molecule has 0 aliphatic heterocycles. The molecule has 1 aliphatic carbocycles. The Hall–Kier alpha value is -0.120. The molecule has 120 valence electrons. The van der Waals surface area contributed by atoms with Crippen LogP contribution < -0.4 is 5.32 Å². The SMILES string of the molecule is CCNC(CC)(CO)CCCOC1CCCCC1CC. The molecule has 0 amide bonds. The molecule has 1 aliphatic rings. The van der Waals surface area contributed by atoms with Crippen LogP contribution in [0, 0.1) is 5.92 Å². The summed E-state index contributed by atoms with van der Waals surface area (Å²) in [6, 6.07) is 0. The molecular formula is C17H35NO2. The third-order valence-corrected chi connectivity index (χ3v) is 5.03. The Labute approximate surface area is 125 Å². The Morgan fingerprint density at radius 1 is 1.20 bits per heavy atom. The molecular weight excluding hydrogens is 250 g/mol. The molecule has 20 heavy (non-hydrogen) atoms. The van der Waals surface area contributed by atoms with E-state index < -0.39 is 0 Å². The molecule has 0 aromatic rings. The summed E-state index contributed by atoms with van der Waals surface area (Å²) < 4.78 is 6.14. The largest absolute Gasteiger partial charge is 0.394 e. The minimum absolute atomic E-state index is 0.102. The van der Waals surface area contributed by atoms with Gasteiger partial charge in [0, 0.05) is 12.1 Å². The van der Waals surface area contributed by atoms with E-state index in [4.69, 9.17) is 4.74 Å². The molecule has 3 unspecified atom stereocenters. The highest BCUT2D eigenvalue weighted by atomic mass is 16.5. The first-order chi connectivity index (χ1) is 9.71. The predicted molar refractivity (Wildman–Crippen MR) is 85.0 cm³/mol. The van der Waals surface area contributed by atoms with E-state index in [2.05, 4.69) is 26.1 Å². The highest BCUT2D eigenvalue weighted by molar-refractivity contribution is 4.85. The van der Waals surface area contributed by atoms with Gasteiger partial charge < -0.3 is 15.2 Å². The number of aliphatic hydroxyl groups is 1. The van der Waals surface area contributed by atoms with E-state index in [9.17, 15) is 5.11 Å². The maximum Gasteiger partial charge on any atom is 0.0613 e. The van der Waals surface area contributed by atoms with Gasteiger partial charge in [-0.25, -0.2) is 0 Å². The first-order valence-electron chi connectivity index (χ1n) is 8.68. The van der Waals surface area contributed by atoms with Crippen molar-refractivity contribution in [2.24, 2.45) is 5.92 Å². The van der Waals surface area contributed by atoms with Gasteiger partial charge in [-0.2, -0.15) is 0 Å². The van der Waals surface area contributed by atoms with Crippen molar-refractivity contribution in [2.45, 2.75) is 83.8 Å². The van der Waals surface area contributed by atoms with Crippen molar-refractivity contribution >= 4 is 0 Å². The number of hydrogen-bond acceptors (Lipinski definition) is 3. The summed E-state index contributed by atoms with van der Waals surface area (Å²) in [6.07, 6.45) is 10.0. The van der Waals surface area contributed by atoms with Crippen molar-refractivity contribution in [1.82, 2.24) is 5.32 Å². The maximum absolute atomic E-state index is 9.63. The number of rotatable bonds is 10. The summed E-state index contributed by atoms with van der Waals surface area (Å²) in [6.45, 7) is 8.51. The Balaban J connectivity index is 2.28. The quantitative estimate of drug-likeness (QED) is 0.604. The molecule has 0 radical (unpaired) electrons. The van der Waals surface area contributed by atoms with Gasteiger partial charge in [0.1, 0.15) is 0 Å². The van der Waals surface area contributed by atoms with E-state index in [1.54, 1.807) is 0 Å². The van der Waals surface area contributed by atoms with Gasteiger partial charge in [-0.15, -0.1) is 0 Å². The predicted octanol–water partition coefficient (Wildman–Crippen LogP) is 3.50. The summed E-state index contributed by atoms with van der Waals surface area (Å²) in [7, 11) is 0. The van der Waals surface area contributed by atoms with Crippen LogP contribution in [0.1, 0.15) is 72.1 Å². The minimum Gasteiger partial charge on any atom is -0.394 e. The monoisotopic (exact) mass is 285 g/mol. The summed E-state index contributed by atoms with van der Waals surface area (Å²) in [4.78, 5) is 0. The van der Waals surface area contributed by atoms with Crippen LogP contribution in [0.2, 0.25) is 0 Å². The molecule has 3 nitrogen and oxygen atoms in total. The van der Waals surface area contributed by atoms with Crippen molar-refractivity contribution in [3.05, 3.63) is 0 Å². The average molecular weight is 285 g/mol. The standard InChI is InChI=1S/C17H35NO2/c1-4-15-10-7-8-11-16(15)20-13-9-12-17(5-2,14-19)18-6-3/h15-16,18-19H,4-14H2,1-3H3. The normalized spacial score (nSPS) is 26.4. The van der Waals surface area contributed by atoms with Crippen molar-refractivity contribution in [2.75, 3.05) is 19.8 Å². The summed E-state index contributed by atoms with van der Waals surface area (Å²) >= 11 is 0. The number of likely N-dealkylation sites (N-methyl/N-ethyl adjacent to an activating group) is 1. The Kier molecular flexibility index (Phi) is 8.74. The fraction of sp³-hybridized carbons (Fsp3) is 1.00. The lowest BCUT2D eigenvalue weighted by molar-refractivity contribution is -0.0165. The Morgan fingerprint density at radius 3 is 2.55 bits per heavy atom. The second-order valence-corrected chi connectivity index (χ2v) is 6.29. The van der Waals surface area contributed by atoms with Gasteiger partial charge in [0.15, 0.2) is 0 Å². The molecule has 0 heterocycles. The highest BCUT2D eigenvalue weighted by Crippen LogP contribution is 2.29. The topological polar surface area (TPSA) is 41.5 Å². The average Bonchev–Trinajstić information content (AvgIpc) is 2.51. The second kappa shape index (κ2) is 9.75. The Morgan fingerprint density at radius 2 is 1.95 bits per heavy atom. The van der Waals surface area contributed by atoms with Crippen LogP contribution in [0.25, 0.3) is 0 Å². The minimum atomic E-state index is -0.102. The zero-order valence-corrected chi connectivity index (χ0v) is 13.8. The summed E-state index contributed by atoms with van der Waals surface area (Å²) in [5.74, 6) is 0.770. The first-order valence-corrected chi connectivity index (χ1v) is 8.68. The third kappa shape index (κ3) is 5.34. The van der Waals surface area contributed by atoms with Gasteiger partial charge in [0.05, 0.1) is 12.7 Å². The van der Waals surface area contributed by atoms with Crippen molar-refractivity contribution in [3.63, 3.8) is 0 Å². The van der Waals surface area contributed by atoms with Crippen LogP contribution >= 0.6 is 0 Å². The highest BCUT2D eigenvalue weighted by Gasteiger charge is 2.27. The summed E-state index contributed by atoms with van der Waals surface area (Å²) in [5.41, 5.74) is -0.102. The zero-order chi connectivity index (χ0) is 14.8. The van der Waals surface area contributed by atoms with Crippen molar-refractivity contribution in [3.8, 4) is 0 Å². The molecule has 0 aromatic carbocycles. The van der Waals surface area contributed by atoms with Gasteiger partial charge in [0.2, 0.25) is 0 Å². The van der Waals surface area contributed by atoms with Crippen LogP contribution in [-0.4, -0.2) is 36.5 Å². The van der Waals surface area contributed by atoms with Crippen molar-refractivity contribution < 1.29 is 9.84 Å². The van der Waals surface area contributed by atoms with E-state index in [0.29, 0.717) is 6.10 Å². The number of hydrogen-bond donors (Lipinski definition) is 2. The molecule has 1 saturated carbocycles. The van der Waals surface area contributed by atoms with E-state index in [1.807, 2.05) is 0 Å².